The molecule has 3 rings (SSSR count). The summed E-state index contributed by atoms with van der Waals surface area (Å²) in [6.45, 7) is 0. The Hall–Kier alpha value is -2.86. The average molecular weight is 317 g/mol. The van der Waals surface area contributed by atoms with Crippen molar-refractivity contribution >= 4 is 28.2 Å². The van der Waals surface area contributed by atoms with Crippen LogP contribution in [0.3, 0.4) is 0 Å². The molecule has 7 heteroatoms. The van der Waals surface area contributed by atoms with E-state index < -0.39 is 10.5 Å². The number of aromatic hydroxyl groups is 1. The van der Waals surface area contributed by atoms with Crippen LogP contribution < -0.4 is 5.56 Å². The lowest BCUT2D eigenvalue weighted by atomic mass is 10.0. The van der Waals surface area contributed by atoms with Gasteiger partial charge in [-0.25, -0.2) is 0 Å². The molecule has 0 unspecified atom stereocenters. The molecule has 0 atom stereocenters. The van der Waals surface area contributed by atoms with Crippen LogP contribution in [0.1, 0.15) is 0 Å². The fraction of sp³-hybridized carbons (Fsp3) is 0. The Morgan fingerprint density at radius 1 is 1.18 bits per heavy atom. The van der Waals surface area contributed by atoms with Gasteiger partial charge in [0.15, 0.2) is 0 Å². The largest absolute Gasteiger partial charge is 0.506 e. The minimum absolute atomic E-state index is 0.00351. The normalized spacial score (nSPS) is 10.8. The van der Waals surface area contributed by atoms with Crippen LogP contribution in [0.5, 0.6) is 5.75 Å². The highest BCUT2D eigenvalue weighted by Crippen LogP contribution is 2.36. The molecule has 0 aliphatic rings. The lowest BCUT2D eigenvalue weighted by molar-refractivity contribution is -0.384. The predicted molar refractivity (Wildman–Crippen MR) is 83.3 cm³/mol. The molecule has 1 heterocycles. The van der Waals surface area contributed by atoms with E-state index in [4.69, 9.17) is 11.6 Å². The smallest absolute Gasteiger partial charge is 0.271 e. The predicted octanol–water partition coefficient (Wildman–Crippen LogP) is 3.46. The number of non-ortho nitro benzene ring substituents is 1. The third kappa shape index (κ3) is 2.19. The van der Waals surface area contributed by atoms with E-state index in [-0.39, 0.29) is 32.9 Å². The first-order valence-corrected chi connectivity index (χ1v) is 6.65. The zero-order valence-corrected chi connectivity index (χ0v) is 11.8. The molecule has 0 amide bonds. The molecule has 0 aliphatic heterocycles. The Morgan fingerprint density at radius 3 is 2.50 bits per heavy atom. The van der Waals surface area contributed by atoms with Crippen LogP contribution in [0.2, 0.25) is 5.02 Å². The van der Waals surface area contributed by atoms with Gasteiger partial charge < -0.3 is 10.1 Å². The molecule has 0 fully saturated rings. The molecule has 2 aromatic carbocycles. The summed E-state index contributed by atoms with van der Waals surface area (Å²) in [5, 5.41) is 21.5. The molecule has 110 valence electrons. The molecular formula is C15H9ClN2O4. The molecule has 0 spiro atoms. The minimum Gasteiger partial charge on any atom is -0.506 e. The zero-order chi connectivity index (χ0) is 15.9. The van der Waals surface area contributed by atoms with Crippen molar-refractivity contribution in [2.24, 2.45) is 0 Å². The van der Waals surface area contributed by atoms with E-state index in [1.165, 1.54) is 6.07 Å². The van der Waals surface area contributed by atoms with Gasteiger partial charge in [0.1, 0.15) is 5.75 Å². The summed E-state index contributed by atoms with van der Waals surface area (Å²) in [5.74, 6) is -0.337. The maximum absolute atomic E-state index is 12.2. The third-order valence-corrected chi connectivity index (χ3v) is 3.60. The first-order valence-electron chi connectivity index (χ1n) is 6.27. The van der Waals surface area contributed by atoms with Crippen molar-refractivity contribution in [3.63, 3.8) is 0 Å². The van der Waals surface area contributed by atoms with E-state index >= 15 is 0 Å². The van der Waals surface area contributed by atoms with Gasteiger partial charge in [-0.05, 0) is 5.56 Å². The maximum atomic E-state index is 12.2. The Kier molecular flexibility index (Phi) is 3.30. The van der Waals surface area contributed by atoms with E-state index in [0.717, 1.165) is 6.07 Å². The van der Waals surface area contributed by atoms with E-state index in [9.17, 15) is 20.0 Å². The number of aromatic nitrogens is 1. The first-order chi connectivity index (χ1) is 10.5. The summed E-state index contributed by atoms with van der Waals surface area (Å²) in [7, 11) is 0. The number of nitrogens with one attached hydrogen (secondary N) is 1. The lowest BCUT2D eigenvalue weighted by Gasteiger charge is -2.08. The van der Waals surface area contributed by atoms with Crippen LogP contribution in [0.25, 0.3) is 22.0 Å². The van der Waals surface area contributed by atoms with Gasteiger partial charge in [0, 0.05) is 17.5 Å². The van der Waals surface area contributed by atoms with E-state index in [0.29, 0.717) is 5.56 Å². The molecule has 0 radical (unpaired) electrons. The molecule has 2 N–H and O–H groups in total. The number of halogens is 1. The fourth-order valence-electron chi connectivity index (χ4n) is 2.30. The number of fused-ring (bicyclic) bond motifs is 1. The molecule has 6 nitrogen and oxygen atoms in total. The Morgan fingerprint density at radius 2 is 1.86 bits per heavy atom. The van der Waals surface area contributed by atoms with Crippen molar-refractivity contribution in [3.8, 4) is 16.9 Å². The summed E-state index contributed by atoms with van der Waals surface area (Å²) in [4.78, 5) is 25.1. The van der Waals surface area contributed by atoms with Crippen molar-refractivity contribution in [1.29, 1.82) is 0 Å². The summed E-state index contributed by atoms with van der Waals surface area (Å²) in [6, 6.07) is 10.8. The number of hydrogen-bond donors (Lipinski definition) is 2. The third-order valence-electron chi connectivity index (χ3n) is 3.31. The van der Waals surface area contributed by atoms with Gasteiger partial charge in [-0.2, -0.15) is 0 Å². The number of nitro groups is 1. The monoisotopic (exact) mass is 316 g/mol. The van der Waals surface area contributed by atoms with E-state index in [1.54, 1.807) is 30.3 Å². The number of pyridine rings is 1. The Balaban J connectivity index is 2.42. The van der Waals surface area contributed by atoms with Crippen LogP contribution in [0, 0.1) is 10.1 Å². The number of nitrogens with zero attached hydrogens (tertiary/aromatic N) is 1. The molecule has 3 aromatic rings. The van der Waals surface area contributed by atoms with Crippen LogP contribution in [-0.2, 0) is 0 Å². The summed E-state index contributed by atoms with van der Waals surface area (Å²) >= 11 is 5.96. The van der Waals surface area contributed by atoms with Crippen LogP contribution >= 0.6 is 11.6 Å². The average Bonchev–Trinajstić information content (AvgIpc) is 2.49. The van der Waals surface area contributed by atoms with Crippen molar-refractivity contribution in [2.75, 3.05) is 0 Å². The van der Waals surface area contributed by atoms with Crippen LogP contribution in [-0.4, -0.2) is 15.0 Å². The number of nitro benzene ring substituents is 1. The summed E-state index contributed by atoms with van der Waals surface area (Å²) in [5.41, 5.74) is -0.0734. The SMILES string of the molecule is O=c1[nH]c2c(Cl)cc([N+](=O)[O-])cc2c(O)c1-c1ccccc1. The fourth-order valence-corrected chi connectivity index (χ4v) is 2.56. The molecular weight excluding hydrogens is 308 g/mol. The zero-order valence-electron chi connectivity index (χ0n) is 11.0. The molecule has 1 aromatic heterocycles. The van der Waals surface area contributed by atoms with Crippen LogP contribution in [0.15, 0.2) is 47.3 Å². The van der Waals surface area contributed by atoms with Crippen molar-refractivity contribution in [1.82, 2.24) is 4.98 Å². The highest BCUT2D eigenvalue weighted by atomic mass is 35.5. The second-order valence-electron chi connectivity index (χ2n) is 4.65. The molecule has 22 heavy (non-hydrogen) atoms. The summed E-state index contributed by atoms with van der Waals surface area (Å²) in [6.07, 6.45) is 0. The summed E-state index contributed by atoms with van der Waals surface area (Å²) < 4.78 is 0. The molecule has 0 bridgehead atoms. The minimum atomic E-state index is -0.613. The number of aromatic amines is 1. The van der Waals surface area contributed by atoms with E-state index in [1.807, 2.05) is 0 Å². The van der Waals surface area contributed by atoms with E-state index in [2.05, 4.69) is 4.98 Å². The Labute approximate surface area is 128 Å². The highest BCUT2D eigenvalue weighted by Gasteiger charge is 2.19. The number of H-pyrrole nitrogens is 1. The number of rotatable bonds is 2. The number of benzene rings is 2. The first kappa shape index (κ1) is 14.1. The van der Waals surface area contributed by atoms with Gasteiger partial charge in [-0.1, -0.05) is 41.9 Å². The quantitative estimate of drug-likeness (QED) is 0.559. The molecule has 0 aliphatic carbocycles. The van der Waals surface area contributed by atoms with Gasteiger partial charge in [-0.3, -0.25) is 14.9 Å². The Bertz CT molecular complexity index is 951. The van der Waals surface area contributed by atoms with Gasteiger partial charge in [0.2, 0.25) is 0 Å². The second-order valence-corrected chi connectivity index (χ2v) is 5.06. The van der Waals surface area contributed by atoms with Crippen LogP contribution in [0.4, 0.5) is 5.69 Å². The molecule has 0 saturated carbocycles. The topological polar surface area (TPSA) is 96.2 Å². The molecule has 0 saturated heterocycles. The van der Waals surface area contributed by atoms with Gasteiger partial charge in [-0.15, -0.1) is 0 Å². The number of hydrogen-bond acceptors (Lipinski definition) is 4. The van der Waals surface area contributed by atoms with Crippen molar-refractivity contribution in [3.05, 3.63) is 68.0 Å². The highest BCUT2D eigenvalue weighted by molar-refractivity contribution is 6.35. The van der Waals surface area contributed by atoms with Gasteiger partial charge >= 0.3 is 0 Å². The maximum Gasteiger partial charge on any atom is 0.271 e. The van der Waals surface area contributed by atoms with Gasteiger partial charge in [0.25, 0.3) is 11.2 Å². The van der Waals surface area contributed by atoms with Crippen molar-refractivity contribution < 1.29 is 10.0 Å². The standard InChI is InChI=1S/C15H9ClN2O4/c16-11-7-9(18(21)22)6-10-13(11)17-15(20)12(14(10)19)8-4-2-1-3-5-8/h1-7H,(H2,17,19,20). The van der Waals surface area contributed by atoms with Crippen molar-refractivity contribution in [2.45, 2.75) is 0 Å². The second kappa shape index (κ2) is 5.16. The van der Waals surface area contributed by atoms with Gasteiger partial charge in [0.05, 0.1) is 21.0 Å². The lowest BCUT2D eigenvalue weighted by Crippen LogP contribution is -2.09.